The fraction of sp³-hybridized carbons (Fsp3) is 0.776. The van der Waals surface area contributed by atoms with E-state index < -0.39 is 24.3 Å². The molecule has 0 saturated carbocycles. The largest absolute Gasteiger partial charge is 0.545 e. The number of rotatable bonds is 66. The van der Waals surface area contributed by atoms with Gasteiger partial charge < -0.3 is 33.3 Å². The monoisotopic (exact) mass is 1190 g/mol. The fourth-order valence-corrected chi connectivity index (χ4v) is 10.2. The van der Waals surface area contributed by atoms with E-state index in [4.69, 9.17) is 18.9 Å². The number of nitrogens with zero attached hydrogens (tertiary/aromatic N) is 1. The number of quaternary nitrogens is 1. The van der Waals surface area contributed by atoms with Gasteiger partial charge in [0.2, 0.25) is 0 Å². The second-order valence-corrected chi connectivity index (χ2v) is 25.1. The molecule has 0 fully saturated rings. The molecule has 9 nitrogen and oxygen atoms in total. The van der Waals surface area contributed by atoms with Gasteiger partial charge in [-0.2, -0.15) is 0 Å². The molecule has 2 unspecified atom stereocenters. The summed E-state index contributed by atoms with van der Waals surface area (Å²) in [4.78, 5) is 37.5. The van der Waals surface area contributed by atoms with Gasteiger partial charge in [0.1, 0.15) is 13.2 Å². The summed E-state index contributed by atoms with van der Waals surface area (Å²) in [6.45, 7) is 4.66. The molecule has 0 N–H and O–H groups in total. The van der Waals surface area contributed by atoms with Crippen LogP contribution in [0, 0.1) is 0 Å². The second kappa shape index (κ2) is 66.4. The van der Waals surface area contributed by atoms with E-state index in [0.717, 1.165) is 77.0 Å². The third-order valence-corrected chi connectivity index (χ3v) is 15.6. The first-order valence-electron chi connectivity index (χ1n) is 35.7. The first-order valence-corrected chi connectivity index (χ1v) is 35.7. The van der Waals surface area contributed by atoms with Crippen LogP contribution >= 0.6 is 0 Å². The zero-order valence-corrected chi connectivity index (χ0v) is 56.2. The summed E-state index contributed by atoms with van der Waals surface area (Å²) in [5, 5.41) is 11.8. The smallest absolute Gasteiger partial charge is 0.306 e. The van der Waals surface area contributed by atoms with Crippen LogP contribution in [0.1, 0.15) is 322 Å². The van der Waals surface area contributed by atoms with Crippen LogP contribution in [0.5, 0.6) is 0 Å². The van der Waals surface area contributed by atoms with Crippen LogP contribution in [-0.4, -0.2) is 82.3 Å². The Morgan fingerprint density at radius 2 is 0.671 bits per heavy atom. The summed E-state index contributed by atoms with van der Waals surface area (Å²) in [5.41, 5.74) is 0. The zero-order valence-electron chi connectivity index (χ0n) is 56.2. The molecule has 0 amide bonds. The number of allylic oxidation sites excluding steroid dienone is 14. The van der Waals surface area contributed by atoms with Gasteiger partial charge in [-0.1, -0.05) is 304 Å². The summed E-state index contributed by atoms with van der Waals surface area (Å²) in [6, 6.07) is 0. The Labute approximate surface area is 525 Å². The molecule has 0 saturated heterocycles. The minimum Gasteiger partial charge on any atom is -0.545 e. The van der Waals surface area contributed by atoms with Gasteiger partial charge in [-0.3, -0.25) is 9.59 Å². The van der Waals surface area contributed by atoms with Gasteiger partial charge in [0, 0.05) is 12.8 Å². The number of esters is 2. The van der Waals surface area contributed by atoms with Gasteiger partial charge >= 0.3 is 11.9 Å². The molecular formula is C76H135NO8. The number of carbonyl (C=O) groups is 3. The normalized spacial score (nSPS) is 13.2. The van der Waals surface area contributed by atoms with Crippen LogP contribution < -0.4 is 5.11 Å². The quantitative estimate of drug-likeness (QED) is 0.0195. The van der Waals surface area contributed by atoms with Crippen molar-refractivity contribution >= 4 is 17.9 Å². The van der Waals surface area contributed by atoms with Gasteiger partial charge in [-0.05, 0) is 89.9 Å². The summed E-state index contributed by atoms with van der Waals surface area (Å²) in [5.74, 6) is -2.27. The van der Waals surface area contributed by atoms with Gasteiger partial charge in [-0.15, -0.1) is 0 Å². The molecule has 9 heteroatoms. The van der Waals surface area contributed by atoms with Crippen LogP contribution in [0.15, 0.2) is 85.1 Å². The number of unbranched alkanes of at least 4 members (excludes halogenated alkanes) is 37. The number of hydrogen-bond donors (Lipinski definition) is 0. The lowest BCUT2D eigenvalue weighted by Gasteiger charge is -2.26. The number of ether oxygens (including phenoxy) is 4. The average molecular weight is 1190 g/mol. The Balaban J connectivity index is 4.09. The number of likely N-dealkylation sites (N-methyl/N-ethyl adjacent to an activating group) is 1. The number of aliphatic carboxylic acids is 1. The highest BCUT2D eigenvalue weighted by atomic mass is 16.7. The Hall–Kier alpha value is -3.53. The van der Waals surface area contributed by atoms with E-state index in [9.17, 15) is 19.5 Å². The molecule has 0 radical (unpaired) electrons. The molecule has 0 rings (SSSR count). The minimum atomic E-state index is -1.62. The molecule has 2 atom stereocenters. The highest BCUT2D eigenvalue weighted by Crippen LogP contribution is 2.18. The van der Waals surface area contributed by atoms with Crippen molar-refractivity contribution < 1.29 is 42.9 Å². The van der Waals surface area contributed by atoms with Crippen molar-refractivity contribution in [2.24, 2.45) is 0 Å². The molecule has 0 aromatic rings. The third kappa shape index (κ3) is 67.8. The predicted octanol–water partition coefficient (Wildman–Crippen LogP) is 20.9. The maximum absolute atomic E-state index is 12.9. The summed E-state index contributed by atoms with van der Waals surface area (Å²) >= 11 is 0. The number of carboxylic acids is 1. The SMILES string of the molecule is CC/C=C\C/C=C\C/C=C\C/C=C\C/C=C\CCCCCCCCCCCCCCCCCC(=O)OC(COC(=O)CCCCCCCCCCCCCCCCCCC/C=C\C/C=C\CCCCCCC)COC(OCC[N+](C)(C)C)C(=O)[O-]. The van der Waals surface area contributed by atoms with E-state index in [0.29, 0.717) is 23.9 Å². The van der Waals surface area contributed by atoms with Crippen LogP contribution in [0.2, 0.25) is 0 Å². The lowest BCUT2D eigenvalue weighted by atomic mass is 10.0. The highest BCUT2D eigenvalue weighted by Gasteiger charge is 2.22. The predicted molar refractivity (Wildman–Crippen MR) is 361 cm³/mol. The maximum Gasteiger partial charge on any atom is 0.306 e. The third-order valence-electron chi connectivity index (χ3n) is 15.6. The van der Waals surface area contributed by atoms with Crippen LogP contribution in [0.3, 0.4) is 0 Å². The molecule has 0 aromatic heterocycles. The van der Waals surface area contributed by atoms with E-state index in [1.165, 1.54) is 212 Å². The van der Waals surface area contributed by atoms with Crippen molar-refractivity contribution in [1.82, 2.24) is 0 Å². The standard InChI is InChI=1S/C76H135NO8/c1-6-8-10-12-14-16-18-20-22-24-26-28-30-32-34-36-37-39-41-43-45-47-49-51-53-55-57-59-61-63-65-67-74(79)85-72(71-84-76(75(80)81)82-69-68-77(3,4)5)70-83-73(78)66-64-62-60-58-56-54-52-50-48-46-44-42-40-38-35-33-31-29-27-25-23-21-19-17-15-13-11-9-7-2/h8,10,14,16,19-22,25-28,32,34,72,76H,6-7,9,11-13,15,17-18,23-24,29-31,33,35-71H2,1-5H3/b10-8-,16-14-,21-19-,22-20-,27-25-,28-26-,34-32-. The summed E-state index contributed by atoms with van der Waals surface area (Å²) in [6.07, 6.45) is 86.7. The Morgan fingerprint density at radius 3 is 1.00 bits per heavy atom. The number of carbonyl (C=O) groups excluding carboxylic acids is 3. The number of carboxylic acid groups (broad SMARTS) is 1. The first-order chi connectivity index (χ1) is 41.6. The van der Waals surface area contributed by atoms with Crippen molar-refractivity contribution in [2.75, 3.05) is 47.5 Å². The molecule has 0 heterocycles. The molecule has 0 aliphatic carbocycles. The molecule has 0 aromatic carbocycles. The average Bonchev–Trinajstić information content (AvgIpc) is 3.49. The lowest BCUT2D eigenvalue weighted by Crippen LogP contribution is -2.44. The second-order valence-electron chi connectivity index (χ2n) is 25.1. The molecular weight excluding hydrogens is 1050 g/mol. The Bertz CT molecular complexity index is 1670. The maximum atomic E-state index is 12.9. The zero-order chi connectivity index (χ0) is 61.9. The van der Waals surface area contributed by atoms with Crippen molar-refractivity contribution in [2.45, 2.75) is 334 Å². The molecule has 85 heavy (non-hydrogen) atoms. The van der Waals surface area contributed by atoms with Crippen molar-refractivity contribution in [3.63, 3.8) is 0 Å². The van der Waals surface area contributed by atoms with Crippen molar-refractivity contribution in [3.8, 4) is 0 Å². The lowest BCUT2D eigenvalue weighted by molar-refractivity contribution is -0.870. The van der Waals surface area contributed by atoms with Gasteiger partial charge in [-0.25, -0.2) is 0 Å². The van der Waals surface area contributed by atoms with E-state index in [2.05, 4.69) is 98.9 Å². The van der Waals surface area contributed by atoms with Crippen LogP contribution in [-0.2, 0) is 33.3 Å². The first kappa shape index (κ1) is 81.5. The number of hydrogen-bond acceptors (Lipinski definition) is 8. The van der Waals surface area contributed by atoms with Gasteiger partial charge in [0.05, 0.1) is 40.3 Å². The minimum absolute atomic E-state index is 0.147. The molecule has 492 valence electrons. The topological polar surface area (TPSA) is 111 Å². The summed E-state index contributed by atoms with van der Waals surface area (Å²) < 4.78 is 22.8. The molecule has 0 spiro atoms. The fourth-order valence-electron chi connectivity index (χ4n) is 10.2. The van der Waals surface area contributed by atoms with E-state index in [-0.39, 0.29) is 32.2 Å². The van der Waals surface area contributed by atoms with Crippen molar-refractivity contribution in [3.05, 3.63) is 85.1 Å². The van der Waals surface area contributed by atoms with Crippen molar-refractivity contribution in [1.29, 1.82) is 0 Å². The van der Waals surface area contributed by atoms with Gasteiger partial charge in [0.25, 0.3) is 0 Å². The molecule has 0 bridgehead atoms. The van der Waals surface area contributed by atoms with E-state index in [1.54, 1.807) is 0 Å². The van der Waals surface area contributed by atoms with Crippen LogP contribution in [0.25, 0.3) is 0 Å². The van der Waals surface area contributed by atoms with E-state index in [1.807, 2.05) is 21.1 Å². The van der Waals surface area contributed by atoms with Crippen LogP contribution in [0.4, 0.5) is 0 Å². The Morgan fingerprint density at radius 1 is 0.365 bits per heavy atom. The van der Waals surface area contributed by atoms with Gasteiger partial charge in [0.15, 0.2) is 12.4 Å². The Kier molecular flexibility index (Phi) is 63.7. The highest BCUT2D eigenvalue weighted by molar-refractivity contribution is 5.70. The molecule has 0 aliphatic rings. The molecule has 0 aliphatic heterocycles. The summed E-state index contributed by atoms with van der Waals surface area (Å²) in [7, 11) is 5.94. The van der Waals surface area contributed by atoms with E-state index >= 15 is 0 Å².